The van der Waals surface area contributed by atoms with Gasteiger partial charge in [0.15, 0.2) is 0 Å². The van der Waals surface area contributed by atoms with Crippen LogP contribution in [0, 0.1) is 0 Å². The monoisotopic (exact) mass is 436 g/mol. The minimum Gasteiger partial charge on any atom is -0.497 e. The molecule has 0 radical (unpaired) electrons. The smallest absolute Gasteiger partial charge is 0.254 e. The number of methoxy groups -OCH3 is 1. The lowest BCUT2D eigenvalue weighted by molar-refractivity contribution is -0.119. The molecular formula is C23H24N4O5. The van der Waals surface area contributed by atoms with Crippen LogP contribution in [-0.4, -0.2) is 41.6 Å². The lowest BCUT2D eigenvalue weighted by Gasteiger charge is -2.10. The maximum atomic E-state index is 12.4. The van der Waals surface area contributed by atoms with Crippen LogP contribution in [0.2, 0.25) is 0 Å². The van der Waals surface area contributed by atoms with E-state index in [1.54, 1.807) is 43.5 Å². The zero-order valence-electron chi connectivity index (χ0n) is 17.8. The van der Waals surface area contributed by atoms with Crippen molar-refractivity contribution in [3.05, 3.63) is 71.3 Å². The van der Waals surface area contributed by atoms with Crippen molar-refractivity contribution in [2.45, 2.75) is 13.5 Å². The van der Waals surface area contributed by atoms with Crippen LogP contribution < -0.4 is 25.7 Å². The molecule has 2 aromatic carbocycles. The van der Waals surface area contributed by atoms with Gasteiger partial charge < -0.3 is 20.1 Å². The molecule has 9 nitrogen and oxygen atoms in total. The predicted octanol–water partition coefficient (Wildman–Crippen LogP) is 2.07. The second-order valence-electron chi connectivity index (χ2n) is 6.87. The van der Waals surface area contributed by atoms with E-state index in [4.69, 9.17) is 9.47 Å². The van der Waals surface area contributed by atoms with Crippen molar-refractivity contribution in [2.75, 3.05) is 25.6 Å². The molecule has 0 atom stereocenters. The van der Waals surface area contributed by atoms with E-state index in [0.717, 1.165) is 5.56 Å². The Morgan fingerprint density at radius 3 is 2.34 bits per heavy atom. The van der Waals surface area contributed by atoms with E-state index in [0.29, 0.717) is 36.0 Å². The van der Waals surface area contributed by atoms with Gasteiger partial charge >= 0.3 is 0 Å². The summed E-state index contributed by atoms with van der Waals surface area (Å²) >= 11 is 0. The van der Waals surface area contributed by atoms with E-state index < -0.39 is 0 Å². The van der Waals surface area contributed by atoms with E-state index in [-0.39, 0.29) is 23.9 Å². The van der Waals surface area contributed by atoms with Crippen molar-refractivity contribution >= 4 is 17.5 Å². The highest BCUT2D eigenvalue weighted by atomic mass is 16.5. The molecule has 9 heteroatoms. The lowest BCUT2D eigenvalue weighted by Crippen LogP contribution is -2.27. The van der Waals surface area contributed by atoms with Gasteiger partial charge in [-0.3, -0.25) is 19.0 Å². The van der Waals surface area contributed by atoms with E-state index in [1.807, 2.05) is 12.1 Å². The van der Waals surface area contributed by atoms with Crippen molar-refractivity contribution in [1.82, 2.24) is 14.9 Å². The maximum Gasteiger partial charge on any atom is 0.254 e. The van der Waals surface area contributed by atoms with Gasteiger partial charge in [0, 0.05) is 24.2 Å². The van der Waals surface area contributed by atoms with Crippen LogP contribution in [0.15, 0.2) is 65.7 Å². The van der Waals surface area contributed by atoms with E-state index in [9.17, 15) is 14.4 Å². The number of aromatic nitrogens is 2. The number of anilines is 1. The summed E-state index contributed by atoms with van der Waals surface area (Å²) in [6.45, 7) is 2.03. The Kier molecular flexibility index (Phi) is 7.58. The number of carbonyl (C=O) groups excluding carboxylic acids is 2. The summed E-state index contributed by atoms with van der Waals surface area (Å²) in [6, 6.07) is 15.4. The highest BCUT2D eigenvalue weighted by Gasteiger charge is 2.08. The first-order chi connectivity index (χ1) is 15.4. The van der Waals surface area contributed by atoms with Crippen LogP contribution in [0.4, 0.5) is 5.69 Å². The molecule has 1 heterocycles. The normalized spacial score (nSPS) is 10.3. The number of benzene rings is 2. The van der Waals surface area contributed by atoms with Gasteiger partial charge in [-0.25, -0.2) is 4.98 Å². The van der Waals surface area contributed by atoms with Crippen molar-refractivity contribution < 1.29 is 19.1 Å². The Morgan fingerprint density at radius 1 is 1.03 bits per heavy atom. The average Bonchev–Trinajstić information content (AvgIpc) is 2.79. The van der Waals surface area contributed by atoms with Crippen molar-refractivity contribution in [3.63, 3.8) is 0 Å². The number of nitrogens with one attached hydrogen (secondary N) is 2. The minimum atomic E-state index is -0.356. The first kappa shape index (κ1) is 22.5. The van der Waals surface area contributed by atoms with Gasteiger partial charge in [-0.05, 0) is 48.5 Å². The van der Waals surface area contributed by atoms with Gasteiger partial charge in [-0.15, -0.1) is 0 Å². The Bertz CT molecular complexity index is 1120. The standard InChI is InChI=1S/C23H24N4O5/c1-16(28)24-11-12-32-20-9-5-18(6-10-20)26-22(29)14-27-15-25-21(13-23(27)30)17-3-7-19(31-2)8-4-17/h3-10,13,15H,11-12,14H2,1-2H3,(H,24,28)(H,26,29). The fourth-order valence-electron chi connectivity index (χ4n) is 2.85. The molecule has 0 aliphatic carbocycles. The first-order valence-electron chi connectivity index (χ1n) is 9.92. The molecule has 0 bridgehead atoms. The molecule has 0 aliphatic rings. The molecule has 1 aromatic heterocycles. The number of rotatable bonds is 9. The second kappa shape index (κ2) is 10.8. The summed E-state index contributed by atoms with van der Waals surface area (Å²) in [6.07, 6.45) is 1.35. The molecule has 32 heavy (non-hydrogen) atoms. The third-order valence-corrected chi connectivity index (χ3v) is 4.46. The largest absolute Gasteiger partial charge is 0.497 e. The van der Waals surface area contributed by atoms with Crippen LogP contribution >= 0.6 is 0 Å². The molecule has 0 fully saturated rings. The molecule has 0 spiro atoms. The quantitative estimate of drug-likeness (QED) is 0.497. The summed E-state index contributed by atoms with van der Waals surface area (Å²) < 4.78 is 11.9. The molecule has 2 amide bonds. The Morgan fingerprint density at radius 2 is 1.72 bits per heavy atom. The summed E-state index contributed by atoms with van der Waals surface area (Å²) in [4.78, 5) is 39.9. The zero-order valence-corrected chi connectivity index (χ0v) is 17.8. The minimum absolute atomic E-state index is 0.115. The number of ether oxygens (including phenoxy) is 2. The zero-order chi connectivity index (χ0) is 22.9. The van der Waals surface area contributed by atoms with Crippen LogP contribution in [0.5, 0.6) is 11.5 Å². The Labute approximate surface area is 185 Å². The van der Waals surface area contributed by atoms with E-state index in [1.165, 1.54) is 23.9 Å². The van der Waals surface area contributed by atoms with Gasteiger partial charge in [0.1, 0.15) is 24.7 Å². The molecule has 3 aromatic rings. The highest BCUT2D eigenvalue weighted by molar-refractivity contribution is 5.90. The van der Waals surface area contributed by atoms with Crippen LogP contribution in [0.1, 0.15) is 6.92 Å². The third-order valence-electron chi connectivity index (χ3n) is 4.46. The summed E-state index contributed by atoms with van der Waals surface area (Å²) in [5.74, 6) is 0.855. The summed E-state index contributed by atoms with van der Waals surface area (Å²) in [7, 11) is 1.58. The van der Waals surface area contributed by atoms with Crippen LogP contribution in [0.25, 0.3) is 11.3 Å². The molecule has 2 N–H and O–H groups in total. The highest BCUT2D eigenvalue weighted by Crippen LogP contribution is 2.19. The van der Waals surface area contributed by atoms with Gasteiger partial charge in [0.05, 0.1) is 25.7 Å². The molecule has 3 rings (SSSR count). The number of nitrogens with zero attached hydrogens (tertiary/aromatic N) is 2. The average molecular weight is 436 g/mol. The SMILES string of the molecule is COc1ccc(-c2cc(=O)n(CC(=O)Nc3ccc(OCCNC(C)=O)cc3)cn2)cc1. The summed E-state index contributed by atoms with van der Waals surface area (Å²) in [5, 5.41) is 5.37. The summed E-state index contributed by atoms with van der Waals surface area (Å²) in [5.41, 5.74) is 1.53. The molecule has 166 valence electrons. The lowest BCUT2D eigenvalue weighted by atomic mass is 10.1. The molecule has 0 saturated carbocycles. The van der Waals surface area contributed by atoms with Gasteiger partial charge in [0.2, 0.25) is 11.8 Å². The number of carbonyl (C=O) groups is 2. The topological polar surface area (TPSA) is 112 Å². The maximum absolute atomic E-state index is 12.4. The fourth-order valence-corrected chi connectivity index (χ4v) is 2.85. The van der Waals surface area contributed by atoms with Gasteiger partial charge in [-0.2, -0.15) is 0 Å². The Balaban J connectivity index is 1.55. The molecule has 0 aliphatic heterocycles. The van der Waals surface area contributed by atoms with Crippen molar-refractivity contribution in [2.24, 2.45) is 0 Å². The van der Waals surface area contributed by atoms with Crippen LogP contribution in [-0.2, 0) is 16.1 Å². The second-order valence-corrected chi connectivity index (χ2v) is 6.87. The number of amides is 2. The van der Waals surface area contributed by atoms with E-state index >= 15 is 0 Å². The van der Waals surface area contributed by atoms with Crippen LogP contribution in [0.3, 0.4) is 0 Å². The van der Waals surface area contributed by atoms with Crippen molar-refractivity contribution in [3.8, 4) is 22.8 Å². The number of hydrogen-bond donors (Lipinski definition) is 2. The first-order valence-corrected chi connectivity index (χ1v) is 9.92. The third kappa shape index (κ3) is 6.43. The Hall–Kier alpha value is -4.14. The van der Waals surface area contributed by atoms with Crippen molar-refractivity contribution in [1.29, 1.82) is 0 Å². The molecule has 0 unspecified atom stereocenters. The van der Waals surface area contributed by atoms with Gasteiger partial charge in [0.25, 0.3) is 5.56 Å². The predicted molar refractivity (Wildman–Crippen MR) is 120 cm³/mol. The molecular weight excluding hydrogens is 412 g/mol. The molecule has 0 saturated heterocycles. The van der Waals surface area contributed by atoms with Gasteiger partial charge in [-0.1, -0.05) is 0 Å². The van der Waals surface area contributed by atoms with E-state index in [2.05, 4.69) is 15.6 Å². The number of hydrogen-bond acceptors (Lipinski definition) is 6. The fraction of sp³-hybridized carbons (Fsp3) is 0.217.